The van der Waals surface area contributed by atoms with Gasteiger partial charge in [-0.3, -0.25) is 10.1 Å². The van der Waals surface area contributed by atoms with E-state index in [2.05, 4.69) is 10.6 Å². The number of morpholine rings is 1. The third-order valence-electron chi connectivity index (χ3n) is 3.28. The van der Waals surface area contributed by atoms with Crippen LogP contribution >= 0.6 is 11.3 Å². The van der Waals surface area contributed by atoms with Gasteiger partial charge in [0.05, 0.1) is 6.54 Å². The number of quaternary nitrogens is 1. The number of imide groups is 1. The molecule has 1 aromatic heterocycles. The van der Waals surface area contributed by atoms with Crippen LogP contribution in [0.2, 0.25) is 0 Å². The maximum Gasteiger partial charge on any atom is 0.321 e. The van der Waals surface area contributed by atoms with Crippen LogP contribution in [0.5, 0.6) is 0 Å². The fourth-order valence-electron chi connectivity index (χ4n) is 2.56. The van der Waals surface area contributed by atoms with Crippen LogP contribution in [0.25, 0.3) is 0 Å². The summed E-state index contributed by atoms with van der Waals surface area (Å²) in [6, 6.07) is 3.42. The lowest BCUT2D eigenvalue weighted by atomic mass is 10.2. The van der Waals surface area contributed by atoms with Crippen LogP contribution in [0.4, 0.5) is 4.79 Å². The third-order valence-corrected chi connectivity index (χ3v) is 4.16. The second-order valence-corrected chi connectivity index (χ2v) is 6.43. The minimum absolute atomic E-state index is 0.143. The summed E-state index contributed by atoms with van der Waals surface area (Å²) in [5, 5.41) is 7.00. The molecule has 1 fully saturated rings. The molecule has 3 atom stereocenters. The van der Waals surface area contributed by atoms with E-state index < -0.39 is 6.03 Å². The molecule has 1 unspecified atom stereocenters. The first kappa shape index (κ1) is 15.9. The van der Waals surface area contributed by atoms with Crippen LogP contribution < -0.4 is 15.5 Å². The van der Waals surface area contributed by atoms with E-state index in [9.17, 15) is 9.59 Å². The van der Waals surface area contributed by atoms with Crippen LogP contribution in [0.15, 0.2) is 17.5 Å². The van der Waals surface area contributed by atoms with Crippen molar-refractivity contribution in [2.75, 3.05) is 19.6 Å². The highest BCUT2D eigenvalue weighted by Crippen LogP contribution is 2.06. The average molecular weight is 312 g/mol. The zero-order valence-electron chi connectivity index (χ0n) is 12.3. The highest BCUT2D eigenvalue weighted by Gasteiger charge is 2.27. The summed E-state index contributed by atoms with van der Waals surface area (Å²) in [5.74, 6) is -0.255. The van der Waals surface area contributed by atoms with Crippen molar-refractivity contribution in [3.8, 4) is 0 Å². The van der Waals surface area contributed by atoms with Gasteiger partial charge in [-0.25, -0.2) is 4.79 Å². The minimum Gasteiger partial charge on any atom is -0.364 e. The van der Waals surface area contributed by atoms with Crippen molar-refractivity contribution in [3.63, 3.8) is 0 Å². The first-order valence-electron chi connectivity index (χ1n) is 7.12. The molecular weight excluding hydrogens is 290 g/mol. The molecule has 116 valence electrons. The van der Waals surface area contributed by atoms with Gasteiger partial charge >= 0.3 is 6.03 Å². The maximum atomic E-state index is 11.9. The van der Waals surface area contributed by atoms with Crippen molar-refractivity contribution in [2.45, 2.75) is 32.6 Å². The van der Waals surface area contributed by atoms with Crippen molar-refractivity contribution in [3.05, 3.63) is 22.4 Å². The lowest BCUT2D eigenvalue weighted by Gasteiger charge is -2.31. The van der Waals surface area contributed by atoms with Crippen molar-refractivity contribution in [1.29, 1.82) is 0 Å². The standard InChI is InChI=1S/C14H21N3O3S/c1-10-7-17(8-11(2)20-10)9-13(18)16-14(19)15-6-12-4-3-5-21-12/h3-5,10-11H,6-9H2,1-2H3,(H2,15,16,18,19)/p+1/t10-,11+. The Bertz CT molecular complexity index is 468. The zero-order chi connectivity index (χ0) is 15.2. The van der Waals surface area contributed by atoms with E-state index >= 15 is 0 Å². The molecule has 1 aromatic rings. The largest absolute Gasteiger partial charge is 0.364 e. The lowest BCUT2D eigenvalue weighted by molar-refractivity contribution is -0.907. The molecule has 21 heavy (non-hydrogen) atoms. The number of hydrogen-bond donors (Lipinski definition) is 3. The SMILES string of the molecule is C[C@@H]1C[NH+](CC(=O)NC(=O)NCc2cccs2)C[C@H](C)O1. The Kier molecular flexibility index (Phi) is 5.72. The summed E-state index contributed by atoms with van der Waals surface area (Å²) < 4.78 is 5.63. The van der Waals surface area contributed by atoms with Crippen molar-refractivity contribution >= 4 is 23.3 Å². The van der Waals surface area contributed by atoms with E-state index in [-0.39, 0.29) is 18.1 Å². The lowest BCUT2D eigenvalue weighted by Crippen LogP contribution is -3.16. The third kappa shape index (κ3) is 5.45. The van der Waals surface area contributed by atoms with Crippen molar-refractivity contribution in [2.24, 2.45) is 0 Å². The number of hydrogen-bond acceptors (Lipinski definition) is 4. The molecule has 3 amide bonds. The van der Waals surface area contributed by atoms with E-state index in [0.29, 0.717) is 13.1 Å². The van der Waals surface area contributed by atoms with Crippen LogP contribution in [0.1, 0.15) is 18.7 Å². The molecule has 1 aliphatic heterocycles. The molecule has 0 bridgehead atoms. The molecule has 2 rings (SSSR count). The van der Waals surface area contributed by atoms with Gasteiger partial charge in [0.25, 0.3) is 5.91 Å². The average Bonchev–Trinajstić information content (AvgIpc) is 2.87. The van der Waals surface area contributed by atoms with Gasteiger partial charge in [-0.15, -0.1) is 11.3 Å². The Hall–Kier alpha value is -1.44. The molecular formula is C14H22N3O3S+. The van der Waals surface area contributed by atoms with E-state index in [1.807, 2.05) is 31.4 Å². The normalized spacial score (nSPS) is 25.3. The maximum absolute atomic E-state index is 11.9. The van der Waals surface area contributed by atoms with E-state index in [1.165, 1.54) is 0 Å². The fourth-order valence-corrected chi connectivity index (χ4v) is 3.20. The van der Waals surface area contributed by atoms with Gasteiger partial charge in [0.1, 0.15) is 25.3 Å². The molecule has 3 N–H and O–H groups in total. The van der Waals surface area contributed by atoms with Gasteiger partial charge in [0, 0.05) is 4.88 Å². The van der Waals surface area contributed by atoms with Crippen molar-refractivity contribution < 1.29 is 19.2 Å². The Labute approximate surface area is 128 Å². The number of urea groups is 1. The molecule has 0 saturated carbocycles. The molecule has 2 heterocycles. The quantitative estimate of drug-likeness (QED) is 0.719. The zero-order valence-corrected chi connectivity index (χ0v) is 13.2. The van der Waals surface area contributed by atoms with E-state index in [0.717, 1.165) is 22.9 Å². The molecule has 0 aromatic carbocycles. The fraction of sp³-hybridized carbons (Fsp3) is 0.571. The van der Waals surface area contributed by atoms with Gasteiger partial charge in [0.15, 0.2) is 6.54 Å². The molecule has 6 nitrogen and oxygen atoms in total. The molecule has 0 radical (unpaired) electrons. The predicted octanol–water partition coefficient (Wildman–Crippen LogP) is -0.234. The van der Waals surface area contributed by atoms with E-state index in [4.69, 9.17) is 4.74 Å². The number of carbonyl (C=O) groups is 2. The Morgan fingerprint density at radius 3 is 2.71 bits per heavy atom. The predicted molar refractivity (Wildman–Crippen MR) is 80.3 cm³/mol. The molecule has 0 aliphatic carbocycles. The van der Waals surface area contributed by atoms with Gasteiger partial charge < -0.3 is 15.0 Å². The summed E-state index contributed by atoms with van der Waals surface area (Å²) in [6.45, 7) is 6.31. The van der Waals surface area contributed by atoms with Gasteiger partial charge in [-0.05, 0) is 25.3 Å². The second kappa shape index (κ2) is 7.53. The number of rotatable bonds is 4. The topological polar surface area (TPSA) is 71.9 Å². The summed E-state index contributed by atoms with van der Waals surface area (Å²) in [7, 11) is 0. The Balaban J connectivity index is 1.69. The minimum atomic E-state index is -0.442. The van der Waals surface area contributed by atoms with Crippen LogP contribution in [-0.2, 0) is 16.1 Å². The summed E-state index contributed by atoms with van der Waals surface area (Å²) in [5.41, 5.74) is 0. The van der Waals surface area contributed by atoms with Gasteiger partial charge in [-0.1, -0.05) is 6.07 Å². The van der Waals surface area contributed by atoms with Crippen LogP contribution in [0.3, 0.4) is 0 Å². The van der Waals surface area contributed by atoms with Crippen LogP contribution in [0, 0.1) is 0 Å². The smallest absolute Gasteiger partial charge is 0.321 e. The summed E-state index contributed by atoms with van der Waals surface area (Å²) >= 11 is 1.57. The van der Waals surface area contributed by atoms with Gasteiger partial charge in [-0.2, -0.15) is 0 Å². The monoisotopic (exact) mass is 312 g/mol. The Morgan fingerprint density at radius 2 is 2.10 bits per heavy atom. The van der Waals surface area contributed by atoms with Crippen molar-refractivity contribution in [1.82, 2.24) is 10.6 Å². The number of amides is 3. The summed E-state index contributed by atoms with van der Waals surface area (Å²) in [4.78, 5) is 25.7. The van der Waals surface area contributed by atoms with Gasteiger partial charge in [0.2, 0.25) is 0 Å². The highest BCUT2D eigenvalue weighted by atomic mass is 32.1. The Morgan fingerprint density at radius 1 is 1.38 bits per heavy atom. The molecule has 0 spiro atoms. The number of carbonyl (C=O) groups excluding carboxylic acids is 2. The number of thiophene rings is 1. The van der Waals surface area contributed by atoms with E-state index in [1.54, 1.807) is 11.3 Å². The number of nitrogens with one attached hydrogen (secondary N) is 3. The second-order valence-electron chi connectivity index (χ2n) is 5.40. The molecule has 1 saturated heterocycles. The molecule has 1 aliphatic rings. The summed E-state index contributed by atoms with van der Waals surface area (Å²) in [6.07, 6.45) is 0.286. The number of ether oxygens (including phenoxy) is 1. The molecule has 7 heteroatoms. The first-order valence-corrected chi connectivity index (χ1v) is 8.00. The highest BCUT2D eigenvalue weighted by molar-refractivity contribution is 7.09. The first-order chi connectivity index (χ1) is 10.0. The van der Waals surface area contributed by atoms with Crippen LogP contribution in [-0.4, -0.2) is 43.8 Å².